The van der Waals surface area contributed by atoms with Gasteiger partial charge in [-0.1, -0.05) is 30.7 Å². The molecule has 1 aromatic carbocycles. The number of aryl methyl sites for hydroxylation is 1. The summed E-state index contributed by atoms with van der Waals surface area (Å²) in [6, 6.07) is 7.26. The van der Waals surface area contributed by atoms with Crippen LogP contribution in [-0.4, -0.2) is 33.6 Å². The molecule has 25 heavy (non-hydrogen) atoms. The predicted molar refractivity (Wildman–Crippen MR) is 94.4 cm³/mol. The first-order valence-corrected chi connectivity index (χ1v) is 7.97. The van der Waals surface area contributed by atoms with Crippen molar-refractivity contribution in [2.75, 3.05) is 11.9 Å². The minimum atomic E-state index is -1.07. The molecule has 0 saturated heterocycles. The van der Waals surface area contributed by atoms with Crippen molar-refractivity contribution < 1.29 is 14.7 Å². The second kappa shape index (κ2) is 8.29. The normalized spacial score (nSPS) is 10.3. The molecule has 0 spiro atoms. The number of halogens is 1. The van der Waals surface area contributed by atoms with Crippen molar-refractivity contribution in [2.45, 2.75) is 19.8 Å². The summed E-state index contributed by atoms with van der Waals surface area (Å²) < 4.78 is 0. The Morgan fingerprint density at radius 1 is 1.32 bits per heavy atom. The fourth-order valence-corrected chi connectivity index (χ4v) is 2.45. The molecule has 132 valence electrons. The molecule has 0 fully saturated rings. The second-order valence-corrected chi connectivity index (χ2v) is 5.54. The third kappa shape index (κ3) is 5.05. The van der Waals surface area contributed by atoms with E-state index in [2.05, 4.69) is 20.6 Å². The number of aromatic nitrogens is 2. The van der Waals surface area contributed by atoms with E-state index in [4.69, 9.17) is 22.4 Å². The van der Waals surface area contributed by atoms with Crippen molar-refractivity contribution in [1.82, 2.24) is 15.3 Å². The van der Waals surface area contributed by atoms with E-state index in [9.17, 15) is 9.59 Å². The first-order valence-electron chi connectivity index (χ1n) is 7.59. The molecular formula is C16H18ClN5O3. The molecule has 5 N–H and O–H groups in total. The third-order valence-electron chi connectivity index (χ3n) is 3.37. The number of hydrogen-bond donors (Lipinski definition) is 4. The van der Waals surface area contributed by atoms with Gasteiger partial charge in [0, 0.05) is 12.2 Å². The van der Waals surface area contributed by atoms with E-state index in [1.165, 1.54) is 0 Å². The highest BCUT2D eigenvalue weighted by Crippen LogP contribution is 2.22. The van der Waals surface area contributed by atoms with E-state index in [0.29, 0.717) is 30.8 Å². The molecule has 0 bridgehead atoms. The molecule has 0 aliphatic heterocycles. The number of primary amides is 1. The Hall–Kier alpha value is -2.87. The van der Waals surface area contributed by atoms with Gasteiger partial charge in [0.15, 0.2) is 16.7 Å². The molecule has 1 heterocycles. The number of carboxylic acid groups (broad SMARTS) is 1. The molecule has 2 amide bonds. The molecule has 8 nitrogen and oxygen atoms in total. The number of nitrogens with one attached hydrogen (secondary N) is 2. The minimum absolute atomic E-state index is 0.0131. The molecule has 9 heteroatoms. The molecule has 0 radical (unpaired) electrons. The van der Waals surface area contributed by atoms with Crippen molar-refractivity contribution in [2.24, 2.45) is 5.73 Å². The van der Waals surface area contributed by atoms with Gasteiger partial charge in [-0.15, -0.1) is 0 Å². The highest BCUT2D eigenvalue weighted by atomic mass is 35.5. The summed E-state index contributed by atoms with van der Waals surface area (Å²) in [5.74, 6) is -0.529. The number of carbonyl (C=O) groups is 2. The number of nitrogens with zero attached hydrogens (tertiary/aromatic N) is 2. The molecule has 0 unspecified atom stereocenters. The van der Waals surface area contributed by atoms with Crippen LogP contribution in [0.3, 0.4) is 0 Å². The van der Waals surface area contributed by atoms with Crippen molar-refractivity contribution in [3.63, 3.8) is 0 Å². The van der Waals surface area contributed by atoms with Crippen LogP contribution >= 0.6 is 11.6 Å². The van der Waals surface area contributed by atoms with Crippen LogP contribution in [0.2, 0.25) is 5.15 Å². The number of benzene rings is 1. The fraction of sp³-hybridized carbons (Fsp3) is 0.250. The molecule has 2 rings (SSSR count). The topological polar surface area (TPSA) is 130 Å². The van der Waals surface area contributed by atoms with E-state index < -0.39 is 12.0 Å². The van der Waals surface area contributed by atoms with Gasteiger partial charge in [0.25, 0.3) is 5.91 Å². The maximum atomic E-state index is 11.6. The summed E-state index contributed by atoms with van der Waals surface area (Å²) in [7, 11) is 0. The molecule has 2 aromatic rings. The predicted octanol–water partition coefficient (Wildman–Crippen LogP) is 2.34. The monoisotopic (exact) mass is 363 g/mol. The maximum absolute atomic E-state index is 11.6. The van der Waals surface area contributed by atoms with Crippen LogP contribution in [0, 0.1) is 0 Å². The molecular weight excluding hydrogens is 346 g/mol. The summed E-state index contributed by atoms with van der Waals surface area (Å²) in [4.78, 5) is 30.5. The van der Waals surface area contributed by atoms with Crippen LogP contribution < -0.4 is 16.4 Å². The lowest BCUT2D eigenvalue weighted by molar-refractivity contribution is 0.0996. The highest BCUT2D eigenvalue weighted by Gasteiger charge is 2.16. The summed E-state index contributed by atoms with van der Waals surface area (Å²) in [6.45, 7) is 2.14. The van der Waals surface area contributed by atoms with Gasteiger partial charge in [0.1, 0.15) is 0 Å². The van der Waals surface area contributed by atoms with Crippen LogP contribution in [-0.2, 0) is 12.8 Å². The van der Waals surface area contributed by atoms with Crippen LogP contribution in [0.1, 0.15) is 28.7 Å². The summed E-state index contributed by atoms with van der Waals surface area (Å²) in [6.07, 6.45) is -0.0224. The minimum Gasteiger partial charge on any atom is -0.465 e. The molecule has 1 aromatic heterocycles. The van der Waals surface area contributed by atoms with Gasteiger partial charge in [-0.3, -0.25) is 4.79 Å². The number of rotatable bonds is 7. The average molecular weight is 364 g/mol. The Bertz CT molecular complexity index is 797. The summed E-state index contributed by atoms with van der Waals surface area (Å²) in [5.41, 5.74) is 7.45. The van der Waals surface area contributed by atoms with Crippen molar-refractivity contribution in [1.29, 1.82) is 0 Å². The number of amides is 2. The zero-order chi connectivity index (χ0) is 18.4. The molecule has 0 saturated carbocycles. The van der Waals surface area contributed by atoms with Crippen molar-refractivity contribution >= 4 is 35.1 Å². The highest BCUT2D eigenvalue weighted by molar-refractivity contribution is 6.30. The largest absolute Gasteiger partial charge is 0.465 e. The quantitative estimate of drug-likeness (QED) is 0.597. The molecule has 0 aliphatic carbocycles. The lowest BCUT2D eigenvalue weighted by Gasteiger charge is -2.12. The van der Waals surface area contributed by atoms with Gasteiger partial charge in [-0.05, 0) is 30.5 Å². The Labute approximate surface area is 149 Å². The van der Waals surface area contributed by atoms with Gasteiger partial charge in [0.05, 0.1) is 5.69 Å². The zero-order valence-electron chi connectivity index (χ0n) is 13.5. The first-order chi connectivity index (χ1) is 11.9. The molecule has 0 aliphatic rings. The lowest BCUT2D eigenvalue weighted by atomic mass is 10.1. The first kappa shape index (κ1) is 18.5. The standard InChI is InChI=1S/C16H18ClN5O3/c1-2-11-13(17)22-15(12(21-11)14(18)23)20-10-5-3-4-9(8-10)6-7-19-16(24)25/h3-5,8,19H,2,6-7H2,1H3,(H2,18,23)(H,20,22)(H,24,25). The van der Waals surface area contributed by atoms with E-state index >= 15 is 0 Å². The number of carbonyl (C=O) groups excluding carboxylic acids is 1. The van der Waals surface area contributed by atoms with Gasteiger partial charge < -0.3 is 21.5 Å². The molecule has 0 atom stereocenters. The number of nitrogens with two attached hydrogens (primary N) is 1. The van der Waals surface area contributed by atoms with Gasteiger partial charge in [-0.25, -0.2) is 14.8 Å². The number of hydrogen-bond acceptors (Lipinski definition) is 5. The Morgan fingerprint density at radius 2 is 2.08 bits per heavy atom. The Kier molecular flexibility index (Phi) is 6.13. The van der Waals surface area contributed by atoms with Gasteiger partial charge >= 0.3 is 6.09 Å². The second-order valence-electron chi connectivity index (χ2n) is 5.18. The van der Waals surface area contributed by atoms with Crippen LogP contribution in [0.25, 0.3) is 0 Å². The lowest BCUT2D eigenvalue weighted by Crippen LogP contribution is -2.23. The fourth-order valence-electron chi connectivity index (χ4n) is 2.19. The SMILES string of the molecule is CCc1nc(C(N)=O)c(Nc2cccc(CCNC(=O)O)c2)nc1Cl. The van der Waals surface area contributed by atoms with Gasteiger partial charge in [-0.2, -0.15) is 0 Å². The van der Waals surface area contributed by atoms with Crippen LogP contribution in [0.5, 0.6) is 0 Å². The maximum Gasteiger partial charge on any atom is 0.404 e. The Balaban J connectivity index is 2.23. The van der Waals surface area contributed by atoms with Gasteiger partial charge in [0.2, 0.25) is 0 Å². The Morgan fingerprint density at radius 3 is 2.72 bits per heavy atom. The van der Waals surface area contributed by atoms with Crippen molar-refractivity contribution in [3.05, 3.63) is 46.4 Å². The van der Waals surface area contributed by atoms with Crippen molar-refractivity contribution in [3.8, 4) is 0 Å². The number of anilines is 2. The zero-order valence-corrected chi connectivity index (χ0v) is 14.3. The third-order valence-corrected chi connectivity index (χ3v) is 3.67. The summed E-state index contributed by atoms with van der Waals surface area (Å²) in [5, 5.41) is 14.1. The average Bonchev–Trinajstić information content (AvgIpc) is 2.55. The van der Waals surface area contributed by atoms with E-state index in [1.54, 1.807) is 12.1 Å². The van der Waals surface area contributed by atoms with E-state index in [1.807, 2.05) is 19.1 Å². The van der Waals surface area contributed by atoms with E-state index in [-0.39, 0.29) is 16.7 Å². The smallest absolute Gasteiger partial charge is 0.404 e. The van der Waals surface area contributed by atoms with E-state index in [0.717, 1.165) is 5.56 Å². The van der Waals surface area contributed by atoms with Crippen LogP contribution in [0.15, 0.2) is 24.3 Å². The summed E-state index contributed by atoms with van der Waals surface area (Å²) >= 11 is 6.07. The van der Waals surface area contributed by atoms with Crippen LogP contribution in [0.4, 0.5) is 16.3 Å².